The van der Waals surface area contributed by atoms with Crippen molar-refractivity contribution in [2.75, 3.05) is 27.7 Å². The summed E-state index contributed by atoms with van der Waals surface area (Å²) in [6.45, 7) is 1.79. The number of hydrogen-bond acceptors (Lipinski definition) is 3. The number of hydrogen-bond donors (Lipinski definition) is 0. The van der Waals surface area contributed by atoms with Crippen LogP contribution in [0.15, 0.2) is 48.5 Å². The van der Waals surface area contributed by atoms with Gasteiger partial charge >= 0.3 is 0 Å². The Morgan fingerprint density at radius 1 is 1.04 bits per heavy atom. The van der Waals surface area contributed by atoms with Crippen molar-refractivity contribution in [1.29, 1.82) is 0 Å². The predicted molar refractivity (Wildman–Crippen MR) is 100 cm³/mol. The predicted octanol–water partition coefficient (Wildman–Crippen LogP) is 3.03. The van der Waals surface area contributed by atoms with Gasteiger partial charge in [-0.1, -0.05) is 36.3 Å². The van der Waals surface area contributed by atoms with Crippen molar-refractivity contribution in [2.45, 2.75) is 13.1 Å². The average molecular weight is 336 g/mol. The minimum absolute atomic E-state index is 0.0134. The molecule has 0 saturated carbocycles. The lowest BCUT2D eigenvalue weighted by atomic mass is 10.1. The van der Waals surface area contributed by atoms with Crippen molar-refractivity contribution in [3.8, 4) is 18.1 Å². The Morgan fingerprint density at radius 3 is 2.36 bits per heavy atom. The fourth-order valence-electron chi connectivity index (χ4n) is 2.56. The molecule has 0 spiro atoms. The molecule has 0 unspecified atom stereocenters. The van der Waals surface area contributed by atoms with Gasteiger partial charge in [0.2, 0.25) is 0 Å². The lowest BCUT2D eigenvalue weighted by Crippen LogP contribution is -2.22. The number of carbonyl (C=O) groups is 1. The van der Waals surface area contributed by atoms with Crippen LogP contribution in [-0.2, 0) is 13.1 Å². The second-order valence-electron chi connectivity index (χ2n) is 6.17. The molecule has 0 N–H and O–H groups in total. The molecule has 2 aromatic rings. The van der Waals surface area contributed by atoms with Gasteiger partial charge in [0.1, 0.15) is 12.4 Å². The van der Waals surface area contributed by atoms with Gasteiger partial charge in [0.15, 0.2) is 0 Å². The summed E-state index contributed by atoms with van der Waals surface area (Å²) in [4.78, 5) is 15.7. The van der Waals surface area contributed by atoms with Crippen LogP contribution in [0.3, 0.4) is 0 Å². The van der Waals surface area contributed by atoms with Crippen LogP contribution in [0.5, 0.6) is 5.75 Å². The summed E-state index contributed by atoms with van der Waals surface area (Å²) < 4.78 is 5.60. The van der Waals surface area contributed by atoms with Crippen molar-refractivity contribution in [3.05, 3.63) is 65.2 Å². The average Bonchev–Trinajstić information content (AvgIpc) is 2.61. The molecule has 0 fully saturated rings. The maximum atomic E-state index is 11.9. The van der Waals surface area contributed by atoms with Crippen molar-refractivity contribution in [1.82, 2.24) is 9.80 Å². The maximum Gasteiger partial charge on any atom is 0.253 e. The third kappa shape index (κ3) is 5.37. The highest BCUT2D eigenvalue weighted by atomic mass is 16.5. The minimum Gasteiger partial charge on any atom is -0.481 e. The molecule has 1 amide bonds. The fourth-order valence-corrected chi connectivity index (χ4v) is 2.56. The largest absolute Gasteiger partial charge is 0.481 e. The number of terminal acetylenes is 1. The molecular weight excluding hydrogens is 312 g/mol. The number of para-hydroxylation sites is 1. The van der Waals surface area contributed by atoms with E-state index >= 15 is 0 Å². The van der Waals surface area contributed by atoms with E-state index in [-0.39, 0.29) is 12.5 Å². The number of benzene rings is 2. The SMILES string of the molecule is C#CCOc1ccccc1CN(C)Cc1ccc(C(=O)N(C)C)cc1. The van der Waals surface area contributed by atoms with Crippen LogP contribution in [-0.4, -0.2) is 43.5 Å². The third-order valence-electron chi connectivity index (χ3n) is 3.78. The first-order valence-corrected chi connectivity index (χ1v) is 8.14. The molecule has 25 heavy (non-hydrogen) atoms. The van der Waals surface area contributed by atoms with Gasteiger partial charge in [0.25, 0.3) is 5.91 Å². The Morgan fingerprint density at radius 2 is 1.72 bits per heavy atom. The van der Waals surface area contributed by atoms with E-state index < -0.39 is 0 Å². The Labute approximate surface area is 150 Å². The summed E-state index contributed by atoms with van der Waals surface area (Å²) in [5.41, 5.74) is 2.95. The lowest BCUT2D eigenvalue weighted by molar-refractivity contribution is 0.0827. The molecule has 0 saturated heterocycles. The van der Waals surface area contributed by atoms with E-state index in [9.17, 15) is 4.79 Å². The van der Waals surface area contributed by atoms with Gasteiger partial charge in [-0.15, -0.1) is 6.42 Å². The first-order chi connectivity index (χ1) is 12.0. The zero-order valence-electron chi connectivity index (χ0n) is 15.0. The van der Waals surface area contributed by atoms with Gasteiger partial charge in [0.05, 0.1) is 0 Å². The van der Waals surface area contributed by atoms with E-state index in [1.807, 2.05) is 48.5 Å². The van der Waals surface area contributed by atoms with Crippen molar-refractivity contribution < 1.29 is 9.53 Å². The maximum absolute atomic E-state index is 11.9. The molecule has 4 heteroatoms. The second kappa shape index (κ2) is 8.91. The molecule has 130 valence electrons. The van der Waals surface area contributed by atoms with Crippen LogP contribution in [0.1, 0.15) is 21.5 Å². The fraction of sp³-hybridized carbons (Fsp3) is 0.286. The topological polar surface area (TPSA) is 32.8 Å². The van der Waals surface area contributed by atoms with Crippen LogP contribution in [0.4, 0.5) is 0 Å². The summed E-state index contributed by atoms with van der Waals surface area (Å²) in [7, 11) is 5.56. The molecule has 0 radical (unpaired) electrons. The molecule has 0 aliphatic rings. The Hall–Kier alpha value is -2.77. The van der Waals surface area contributed by atoms with Crippen LogP contribution < -0.4 is 4.74 Å². The highest BCUT2D eigenvalue weighted by molar-refractivity contribution is 5.93. The Balaban J connectivity index is 2.00. The Bertz CT molecular complexity index is 745. The van der Waals surface area contributed by atoms with Crippen molar-refractivity contribution >= 4 is 5.91 Å². The smallest absolute Gasteiger partial charge is 0.253 e. The molecule has 4 nitrogen and oxygen atoms in total. The lowest BCUT2D eigenvalue weighted by Gasteiger charge is -2.19. The first-order valence-electron chi connectivity index (χ1n) is 8.14. The second-order valence-corrected chi connectivity index (χ2v) is 6.17. The zero-order chi connectivity index (χ0) is 18.2. The van der Waals surface area contributed by atoms with Crippen molar-refractivity contribution in [3.63, 3.8) is 0 Å². The van der Waals surface area contributed by atoms with Crippen LogP contribution in [0.2, 0.25) is 0 Å². The van der Waals surface area contributed by atoms with E-state index in [0.717, 1.165) is 30.0 Å². The van der Waals surface area contributed by atoms with Crippen molar-refractivity contribution in [2.24, 2.45) is 0 Å². The van der Waals surface area contributed by atoms with Gasteiger partial charge in [0, 0.05) is 38.3 Å². The highest BCUT2D eigenvalue weighted by Crippen LogP contribution is 2.20. The van der Waals surface area contributed by atoms with Crippen LogP contribution >= 0.6 is 0 Å². The van der Waals surface area contributed by atoms with E-state index in [1.165, 1.54) is 0 Å². The molecule has 0 aromatic heterocycles. The molecule has 0 aliphatic heterocycles. The van der Waals surface area contributed by atoms with E-state index in [2.05, 4.69) is 17.9 Å². The number of carbonyl (C=O) groups excluding carboxylic acids is 1. The molecular formula is C21H24N2O2. The van der Waals surface area contributed by atoms with Gasteiger partial charge in [-0.3, -0.25) is 9.69 Å². The summed E-state index contributed by atoms with van der Waals surface area (Å²) in [5, 5.41) is 0. The van der Waals surface area contributed by atoms with Crippen LogP contribution in [0, 0.1) is 12.3 Å². The summed E-state index contributed by atoms with van der Waals surface area (Å²) in [6.07, 6.45) is 5.27. The molecule has 2 aromatic carbocycles. The third-order valence-corrected chi connectivity index (χ3v) is 3.78. The van der Waals surface area contributed by atoms with Gasteiger partial charge in [-0.25, -0.2) is 0 Å². The molecule has 0 aliphatic carbocycles. The normalized spacial score (nSPS) is 10.4. The van der Waals surface area contributed by atoms with Gasteiger partial charge < -0.3 is 9.64 Å². The summed E-state index contributed by atoms with van der Waals surface area (Å²) in [6, 6.07) is 15.6. The Kier molecular flexibility index (Phi) is 6.62. The molecule has 2 rings (SSSR count). The zero-order valence-corrected chi connectivity index (χ0v) is 15.0. The standard InChI is InChI=1S/C21H24N2O2/c1-5-14-25-20-9-7-6-8-19(20)16-23(4)15-17-10-12-18(13-11-17)21(24)22(2)3/h1,6-13H,14-16H2,2-4H3. The summed E-state index contributed by atoms with van der Waals surface area (Å²) >= 11 is 0. The monoisotopic (exact) mass is 336 g/mol. The number of rotatable bonds is 7. The minimum atomic E-state index is 0.0134. The number of amides is 1. The highest BCUT2D eigenvalue weighted by Gasteiger charge is 2.09. The number of ether oxygens (including phenoxy) is 1. The van der Waals surface area contributed by atoms with E-state index in [0.29, 0.717) is 5.56 Å². The van der Waals surface area contributed by atoms with Crippen LogP contribution in [0.25, 0.3) is 0 Å². The molecule has 0 heterocycles. The van der Waals surface area contributed by atoms with Gasteiger partial charge in [-0.2, -0.15) is 0 Å². The van der Waals surface area contributed by atoms with Gasteiger partial charge in [-0.05, 0) is 30.8 Å². The van der Waals surface area contributed by atoms with E-state index in [4.69, 9.17) is 11.2 Å². The van der Waals surface area contributed by atoms with E-state index in [1.54, 1.807) is 19.0 Å². The number of nitrogens with zero attached hydrogens (tertiary/aromatic N) is 2. The molecule has 0 atom stereocenters. The first kappa shape index (κ1) is 18.6. The summed E-state index contributed by atoms with van der Waals surface area (Å²) in [5.74, 6) is 3.32. The quantitative estimate of drug-likeness (QED) is 0.729. The molecule has 0 bridgehead atoms.